The molecule has 3 rings (SSSR count). The van der Waals surface area contributed by atoms with Gasteiger partial charge in [-0.15, -0.1) is 11.3 Å². The van der Waals surface area contributed by atoms with E-state index in [0.29, 0.717) is 13.1 Å². The van der Waals surface area contributed by atoms with Gasteiger partial charge in [-0.1, -0.05) is 23.8 Å². The second kappa shape index (κ2) is 6.66. The molecule has 0 spiro atoms. The zero-order chi connectivity index (χ0) is 17.3. The third kappa shape index (κ3) is 3.53. The van der Waals surface area contributed by atoms with Gasteiger partial charge in [-0.2, -0.15) is 0 Å². The second-order valence-corrected chi connectivity index (χ2v) is 8.98. The number of hydrogen-bond acceptors (Lipinski definition) is 4. The van der Waals surface area contributed by atoms with E-state index in [0.717, 1.165) is 23.3 Å². The number of fused-ring (bicyclic) bond motifs is 1. The number of hydrogen-bond donors (Lipinski definition) is 1. The van der Waals surface area contributed by atoms with Gasteiger partial charge in [0.2, 0.25) is 5.91 Å². The molecule has 7 heteroatoms. The van der Waals surface area contributed by atoms with Crippen molar-refractivity contribution in [3.8, 4) is 0 Å². The van der Waals surface area contributed by atoms with Crippen molar-refractivity contribution in [2.45, 2.75) is 31.0 Å². The van der Waals surface area contributed by atoms with Crippen LogP contribution in [-0.2, 0) is 27.8 Å². The molecule has 128 valence electrons. The van der Waals surface area contributed by atoms with Crippen LogP contribution in [0.15, 0.2) is 33.9 Å². The van der Waals surface area contributed by atoms with Crippen LogP contribution < -0.4 is 4.72 Å². The first-order chi connectivity index (χ1) is 11.4. The van der Waals surface area contributed by atoms with Crippen LogP contribution in [0, 0.1) is 13.8 Å². The van der Waals surface area contributed by atoms with Crippen molar-refractivity contribution in [1.82, 2.24) is 9.62 Å². The first kappa shape index (κ1) is 17.1. The molecule has 1 aliphatic heterocycles. The van der Waals surface area contributed by atoms with E-state index in [1.54, 1.807) is 16.3 Å². The Kier molecular flexibility index (Phi) is 4.76. The summed E-state index contributed by atoms with van der Waals surface area (Å²) in [5.74, 6) is -0.194. The first-order valence-electron chi connectivity index (χ1n) is 7.77. The molecule has 24 heavy (non-hydrogen) atoms. The summed E-state index contributed by atoms with van der Waals surface area (Å²) in [6, 6.07) is 7.47. The van der Waals surface area contributed by atoms with Gasteiger partial charge in [0.25, 0.3) is 10.0 Å². The van der Waals surface area contributed by atoms with E-state index < -0.39 is 10.0 Å². The molecule has 0 atom stereocenters. The number of amides is 1. The van der Waals surface area contributed by atoms with Crippen molar-refractivity contribution >= 4 is 27.3 Å². The van der Waals surface area contributed by atoms with E-state index in [2.05, 4.69) is 23.8 Å². The van der Waals surface area contributed by atoms with Gasteiger partial charge in [0.05, 0.1) is 6.54 Å². The maximum Gasteiger partial charge on any atom is 0.250 e. The zero-order valence-corrected chi connectivity index (χ0v) is 15.3. The first-order valence-corrected chi connectivity index (χ1v) is 10.1. The smallest absolute Gasteiger partial charge is 0.250 e. The number of rotatable bonds is 4. The van der Waals surface area contributed by atoms with Crippen molar-refractivity contribution in [2.75, 3.05) is 13.1 Å². The Bertz CT molecular complexity index is 858. The highest BCUT2D eigenvalue weighted by atomic mass is 32.2. The highest BCUT2D eigenvalue weighted by Gasteiger charge is 2.24. The van der Waals surface area contributed by atoms with Gasteiger partial charge in [0, 0.05) is 13.1 Å². The molecular weight excluding hydrogens is 344 g/mol. The van der Waals surface area contributed by atoms with Crippen molar-refractivity contribution in [3.05, 3.63) is 51.9 Å². The average molecular weight is 364 g/mol. The molecule has 1 aromatic carbocycles. The van der Waals surface area contributed by atoms with Crippen molar-refractivity contribution in [2.24, 2.45) is 0 Å². The summed E-state index contributed by atoms with van der Waals surface area (Å²) in [5.41, 5.74) is 4.91. The second-order valence-electron chi connectivity index (χ2n) is 6.04. The topological polar surface area (TPSA) is 66.5 Å². The number of thiophene rings is 1. The van der Waals surface area contributed by atoms with Gasteiger partial charge in [0.15, 0.2) is 0 Å². The SMILES string of the molecule is Cc1cc(C)c2c(c1)CN(C(=O)CNS(=O)(=O)c1cccs1)CC2. The minimum absolute atomic E-state index is 0.194. The molecule has 0 unspecified atom stereocenters. The molecule has 0 saturated heterocycles. The summed E-state index contributed by atoms with van der Waals surface area (Å²) in [6.45, 7) is 5.09. The van der Waals surface area contributed by atoms with Crippen LogP contribution in [0.3, 0.4) is 0 Å². The van der Waals surface area contributed by atoms with Gasteiger partial charge in [-0.25, -0.2) is 13.1 Å². The maximum absolute atomic E-state index is 12.4. The van der Waals surface area contributed by atoms with Gasteiger partial charge in [0.1, 0.15) is 4.21 Å². The highest BCUT2D eigenvalue weighted by molar-refractivity contribution is 7.91. The average Bonchev–Trinajstić information content (AvgIpc) is 3.07. The molecule has 0 aliphatic carbocycles. The molecule has 0 saturated carbocycles. The number of sulfonamides is 1. The van der Waals surface area contributed by atoms with E-state index in [-0.39, 0.29) is 16.7 Å². The number of benzene rings is 1. The van der Waals surface area contributed by atoms with E-state index in [9.17, 15) is 13.2 Å². The Morgan fingerprint density at radius 3 is 2.83 bits per heavy atom. The van der Waals surface area contributed by atoms with Gasteiger partial charge in [-0.05, 0) is 48.4 Å². The van der Waals surface area contributed by atoms with Crippen molar-refractivity contribution < 1.29 is 13.2 Å². The third-order valence-corrected chi connectivity index (χ3v) is 7.03. The molecular formula is C17H20N2O3S2. The van der Waals surface area contributed by atoms with E-state index in [4.69, 9.17) is 0 Å². The molecule has 1 N–H and O–H groups in total. The molecule has 1 aromatic heterocycles. The Balaban J connectivity index is 1.67. The lowest BCUT2D eigenvalue weighted by Gasteiger charge is -2.30. The fraction of sp³-hybridized carbons (Fsp3) is 0.353. The highest BCUT2D eigenvalue weighted by Crippen LogP contribution is 2.24. The number of nitrogens with zero attached hydrogens (tertiary/aromatic N) is 1. The summed E-state index contributed by atoms with van der Waals surface area (Å²) < 4.78 is 26.8. The van der Waals surface area contributed by atoms with Crippen LogP contribution in [0.2, 0.25) is 0 Å². The summed E-state index contributed by atoms with van der Waals surface area (Å²) in [4.78, 5) is 14.1. The summed E-state index contributed by atoms with van der Waals surface area (Å²) in [5, 5.41) is 1.70. The Labute approximate surface area is 146 Å². The van der Waals surface area contributed by atoms with Crippen molar-refractivity contribution in [1.29, 1.82) is 0 Å². The van der Waals surface area contributed by atoms with Crippen molar-refractivity contribution in [3.63, 3.8) is 0 Å². The lowest BCUT2D eigenvalue weighted by atomic mass is 9.93. The predicted molar refractivity (Wildman–Crippen MR) is 94.5 cm³/mol. The van der Waals surface area contributed by atoms with Crippen LogP contribution in [0.4, 0.5) is 0 Å². The van der Waals surface area contributed by atoms with Gasteiger partial charge in [-0.3, -0.25) is 4.79 Å². The number of carbonyl (C=O) groups is 1. The zero-order valence-electron chi connectivity index (χ0n) is 13.7. The van der Waals surface area contributed by atoms with Gasteiger partial charge < -0.3 is 4.90 Å². The predicted octanol–water partition coefficient (Wildman–Crippen LogP) is 2.23. The van der Waals surface area contributed by atoms with Crippen LogP contribution in [-0.4, -0.2) is 32.3 Å². The molecule has 2 heterocycles. The van der Waals surface area contributed by atoms with Crippen LogP contribution in [0.5, 0.6) is 0 Å². The van der Waals surface area contributed by atoms with Crippen LogP contribution >= 0.6 is 11.3 Å². The lowest BCUT2D eigenvalue weighted by molar-refractivity contribution is -0.130. The van der Waals surface area contributed by atoms with Gasteiger partial charge >= 0.3 is 0 Å². The number of nitrogens with one attached hydrogen (secondary N) is 1. The Morgan fingerprint density at radius 2 is 2.12 bits per heavy atom. The van der Waals surface area contributed by atoms with Crippen LogP contribution in [0.25, 0.3) is 0 Å². The summed E-state index contributed by atoms with van der Waals surface area (Å²) in [7, 11) is -3.60. The number of carbonyl (C=O) groups excluding carboxylic acids is 1. The summed E-state index contributed by atoms with van der Waals surface area (Å²) >= 11 is 1.14. The quantitative estimate of drug-likeness (QED) is 0.905. The molecule has 1 aliphatic rings. The largest absolute Gasteiger partial charge is 0.337 e. The maximum atomic E-state index is 12.4. The summed E-state index contributed by atoms with van der Waals surface area (Å²) in [6.07, 6.45) is 0.810. The number of aryl methyl sites for hydroxylation is 2. The fourth-order valence-electron chi connectivity index (χ4n) is 3.08. The van der Waals surface area contributed by atoms with E-state index in [1.165, 1.54) is 22.8 Å². The van der Waals surface area contributed by atoms with E-state index >= 15 is 0 Å². The third-order valence-electron chi connectivity index (χ3n) is 4.23. The fourth-order valence-corrected chi connectivity index (χ4v) is 5.10. The standard InChI is InChI=1S/C17H20N2O3S2/c1-12-8-13(2)15-5-6-19(11-14(15)9-12)16(20)10-18-24(21,22)17-4-3-7-23-17/h3-4,7-9,18H,5-6,10-11H2,1-2H3. The lowest BCUT2D eigenvalue weighted by Crippen LogP contribution is -2.42. The molecule has 0 radical (unpaired) electrons. The Hall–Kier alpha value is -1.70. The molecule has 0 fully saturated rings. The molecule has 1 amide bonds. The molecule has 5 nitrogen and oxygen atoms in total. The normalized spacial score (nSPS) is 14.5. The Morgan fingerprint density at radius 1 is 1.33 bits per heavy atom. The minimum atomic E-state index is -3.60. The van der Waals surface area contributed by atoms with Crippen LogP contribution in [0.1, 0.15) is 22.3 Å². The minimum Gasteiger partial charge on any atom is -0.337 e. The molecule has 0 bridgehead atoms. The monoisotopic (exact) mass is 364 g/mol. The van der Waals surface area contributed by atoms with E-state index in [1.807, 2.05) is 6.92 Å². The molecule has 2 aromatic rings.